The van der Waals surface area contributed by atoms with E-state index >= 15 is 0 Å². The maximum atomic E-state index is 12.8. The van der Waals surface area contributed by atoms with Crippen LogP contribution in [0.4, 0.5) is 4.39 Å². The van der Waals surface area contributed by atoms with Gasteiger partial charge in [-0.05, 0) is 48.4 Å². The van der Waals surface area contributed by atoms with E-state index in [0.29, 0.717) is 0 Å². The number of hydrogen-bond acceptors (Lipinski definition) is 3. The topological polar surface area (TPSA) is 59.1 Å². The molecule has 0 fully saturated rings. The zero-order valence-corrected chi connectivity index (χ0v) is 11.1. The molecule has 6 heteroatoms. The molecule has 1 N–H and O–H groups in total. The minimum Gasteiger partial charge on any atom is -0.264 e. The predicted molar refractivity (Wildman–Crippen MR) is 69.4 cm³/mol. The summed E-state index contributed by atoms with van der Waals surface area (Å²) in [6.45, 7) is 2.03. The van der Waals surface area contributed by atoms with Crippen molar-refractivity contribution < 1.29 is 12.8 Å². The summed E-state index contributed by atoms with van der Waals surface area (Å²) >= 11 is 0. The van der Waals surface area contributed by atoms with Gasteiger partial charge in [0.2, 0.25) is 10.0 Å². The molecule has 0 bridgehead atoms. The fourth-order valence-corrected chi connectivity index (χ4v) is 2.56. The normalized spacial score (nSPS) is 11.5. The van der Waals surface area contributed by atoms with Gasteiger partial charge in [-0.15, -0.1) is 0 Å². The lowest BCUT2D eigenvalue weighted by molar-refractivity contribution is 0.580. The highest BCUT2D eigenvalue weighted by Crippen LogP contribution is 2.11. The minimum absolute atomic E-state index is 0.0374. The third-order valence-electron chi connectivity index (χ3n) is 2.72. The zero-order valence-electron chi connectivity index (χ0n) is 10.3. The number of pyridine rings is 1. The van der Waals surface area contributed by atoms with Crippen molar-refractivity contribution in [3.8, 4) is 0 Å². The lowest BCUT2D eigenvalue weighted by atomic mass is 10.2. The minimum atomic E-state index is -3.64. The average molecular weight is 280 g/mol. The third-order valence-corrected chi connectivity index (χ3v) is 4.14. The second-order valence-electron chi connectivity index (χ2n) is 4.08. The Kier molecular flexibility index (Phi) is 3.92. The van der Waals surface area contributed by atoms with E-state index in [1.165, 1.54) is 12.1 Å². The van der Waals surface area contributed by atoms with Gasteiger partial charge < -0.3 is 0 Å². The molecule has 0 radical (unpaired) electrons. The van der Waals surface area contributed by atoms with Gasteiger partial charge >= 0.3 is 0 Å². The summed E-state index contributed by atoms with van der Waals surface area (Å²) < 4.78 is 39.2. The van der Waals surface area contributed by atoms with E-state index in [2.05, 4.69) is 9.71 Å². The van der Waals surface area contributed by atoms with Gasteiger partial charge in [-0.2, -0.15) is 0 Å². The molecule has 2 rings (SSSR count). The Bertz CT molecular complexity index is 669. The van der Waals surface area contributed by atoms with Crippen LogP contribution in [0.25, 0.3) is 0 Å². The Morgan fingerprint density at radius 2 is 1.89 bits per heavy atom. The maximum Gasteiger partial charge on any atom is 0.240 e. The third kappa shape index (κ3) is 3.36. The van der Waals surface area contributed by atoms with Crippen LogP contribution in [0.1, 0.15) is 11.1 Å². The van der Waals surface area contributed by atoms with E-state index in [0.717, 1.165) is 23.3 Å². The van der Waals surface area contributed by atoms with Gasteiger partial charge in [-0.25, -0.2) is 17.5 Å². The smallest absolute Gasteiger partial charge is 0.240 e. The Hall–Kier alpha value is -1.79. The Morgan fingerprint density at radius 1 is 1.21 bits per heavy atom. The highest BCUT2D eigenvalue weighted by molar-refractivity contribution is 7.89. The highest BCUT2D eigenvalue weighted by atomic mass is 32.2. The molecule has 0 aliphatic carbocycles. The number of sulfonamides is 1. The number of aryl methyl sites for hydroxylation is 1. The number of benzene rings is 1. The number of hydrogen-bond donors (Lipinski definition) is 1. The molecule has 2 aromatic rings. The summed E-state index contributed by atoms with van der Waals surface area (Å²) in [5.41, 5.74) is 1.75. The Labute approximate surface area is 111 Å². The van der Waals surface area contributed by atoms with Crippen molar-refractivity contribution in [2.45, 2.75) is 18.4 Å². The first-order valence-electron chi connectivity index (χ1n) is 5.64. The molecule has 100 valence electrons. The van der Waals surface area contributed by atoms with Crippen LogP contribution in [-0.2, 0) is 16.6 Å². The van der Waals surface area contributed by atoms with Crippen molar-refractivity contribution in [2.75, 3.05) is 0 Å². The molecule has 0 spiro atoms. The number of rotatable bonds is 4. The first kappa shape index (κ1) is 13.6. The largest absolute Gasteiger partial charge is 0.264 e. The van der Waals surface area contributed by atoms with Crippen molar-refractivity contribution in [3.63, 3.8) is 0 Å². The molecule has 0 saturated heterocycles. The summed E-state index contributed by atoms with van der Waals surface area (Å²) in [5.74, 6) is -0.470. The maximum absolute atomic E-state index is 12.8. The van der Waals surface area contributed by atoms with E-state index in [9.17, 15) is 12.8 Å². The fraction of sp³-hybridized carbons (Fsp3) is 0.154. The highest BCUT2D eigenvalue weighted by Gasteiger charge is 2.13. The molecule has 1 aromatic heterocycles. The number of nitrogens with zero attached hydrogens (tertiary/aromatic N) is 1. The molecular weight excluding hydrogens is 267 g/mol. The average Bonchev–Trinajstić information content (AvgIpc) is 2.38. The molecule has 0 unspecified atom stereocenters. The summed E-state index contributed by atoms with van der Waals surface area (Å²) in [5, 5.41) is 0. The number of aromatic nitrogens is 1. The molecule has 1 aromatic carbocycles. The first-order valence-corrected chi connectivity index (χ1v) is 7.12. The number of nitrogens with one attached hydrogen (secondary N) is 1. The van der Waals surface area contributed by atoms with Crippen LogP contribution < -0.4 is 4.72 Å². The summed E-state index contributed by atoms with van der Waals surface area (Å²) in [6.07, 6.45) is 3.26. The quantitative estimate of drug-likeness (QED) is 0.932. The summed E-state index contributed by atoms with van der Waals surface area (Å²) in [6, 6.07) is 6.50. The van der Waals surface area contributed by atoms with Gasteiger partial charge in [0.05, 0.1) is 4.90 Å². The second kappa shape index (κ2) is 5.46. The van der Waals surface area contributed by atoms with Gasteiger partial charge in [0.25, 0.3) is 0 Å². The van der Waals surface area contributed by atoms with Crippen LogP contribution in [0.3, 0.4) is 0 Å². The lowest BCUT2D eigenvalue weighted by Crippen LogP contribution is -2.23. The van der Waals surface area contributed by atoms with Gasteiger partial charge in [-0.3, -0.25) is 4.98 Å². The lowest BCUT2D eigenvalue weighted by Gasteiger charge is -2.08. The van der Waals surface area contributed by atoms with Gasteiger partial charge in [0, 0.05) is 18.9 Å². The Balaban J connectivity index is 2.14. The second-order valence-corrected chi connectivity index (χ2v) is 5.85. The first-order chi connectivity index (χ1) is 8.99. The molecule has 0 aliphatic heterocycles. The molecular formula is C13H13FN2O2S. The van der Waals surface area contributed by atoms with Crippen molar-refractivity contribution in [1.82, 2.24) is 9.71 Å². The molecule has 0 aliphatic rings. The molecule has 0 atom stereocenters. The zero-order chi connectivity index (χ0) is 13.9. The van der Waals surface area contributed by atoms with E-state index < -0.39 is 15.8 Å². The van der Waals surface area contributed by atoms with Crippen molar-refractivity contribution >= 4 is 10.0 Å². The Morgan fingerprint density at radius 3 is 2.53 bits per heavy atom. The van der Waals surface area contributed by atoms with E-state index in [1.54, 1.807) is 12.4 Å². The SMILES string of the molecule is Cc1ccncc1CNS(=O)(=O)c1ccc(F)cc1. The number of halogens is 1. The van der Waals surface area contributed by atoms with Crippen LogP contribution in [-0.4, -0.2) is 13.4 Å². The van der Waals surface area contributed by atoms with Crippen molar-refractivity contribution in [1.29, 1.82) is 0 Å². The van der Waals surface area contributed by atoms with E-state index in [-0.39, 0.29) is 11.4 Å². The van der Waals surface area contributed by atoms with E-state index in [4.69, 9.17) is 0 Å². The predicted octanol–water partition coefficient (Wildman–Crippen LogP) is 2.01. The molecule has 4 nitrogen and oxygen atoms in total. The standard InChI is InChI=1S/C13H13FN2O2S/c1-10-6-7-15-8-11(10)9-16-19(17,18)13-4-2-12(14)3-5-13/h2-8,16H,9H2,1H3. The van der Waals surface area contributed by atoms with Crippen LogP contribution >= 0.6 is 0 Å². The summed E-state index contributed by atoms with van der Waals surface area (Å²) in [7, 11) is -3.64. The van der Waals surface area contributed by atoms with Crippen LogP contribution in [0.15, 0.2) is 47.6 Å². The van der Waals surface area contributed by atoms with E-state index in [1.807, 2.05) is 13.0 Å². The van der Waals surface area contributed by atoms with Gasteiger partial charge in [0.15, 0.2) is 0 Å². The molecule has 0 amide bonds. The van der Waals surface area contributed by atoms with Crippen molar-refractivity contribution in [2.24, 2.45) is 0 Å². The fourth-order valence-electron chi connectivity index (χ4n) is 1.55. The molecule has 0 saturated carbocycles. The van der Waals surface area contributed by atoms with Crippen LogP contribution in [0.2, 0.25) is 0 Å². The molecule has 19 heavy (non-hydrogen) atoms. The van der Waals surface area contributed by atoms with Crippen molar-refractivity contribution in [3.05, 3.63) is 59.7 Å². The van der Waals surface area contributed by atoms with Gasteiger partial charge in [0.1, 0.15) is 5.82 Å². The van der Waals surface area contributed by atoms with Crippen LogP contribution in [0.5, 0.6) is 0 Å². The van der Waals surface area contributed by atoms with Crippen LogP contribution in [0, 0.1) is 12.7 Å². The van der Waals surface area contributed by atoms with Gasteiger partial charge in [-0.1, -0.05) is 0 Å². The summed E-state index contributed by atoms with van der Waals surface area (Å²) in [4.78, 5) is 3.98. The molecule has 1 heterocycles. The monoisotopic (exact) mass is 280 g/mol.